The van der Waals surface area contributed by atoms with E-state index >= 15 is 0 Å². The molecule has 0 saturated carbocycles. The Morgan fingerprint density at radius 1 is 1.18 bits per heavy atom. The van der Waals surface area contributed by atoms with Crippen molar-refractivity contribution in [1.29, 1.82) is 0 Å². The molecule has 2 fully saturated rings. The fourth-order valence-electron chi connectivity index (χ4n) is 3.52. The number of nitrogens with zero attached hydrogens (tertiary/aromatic N) is 1. The van der Waals surface area contributed by atoms with E-state index in [-0.39, 0.29) is 17.6 Å². The Labute approximate surface area is 131 Å². The Morgan fingerprint density at radius 2 is 1.86 bits per heavy atom. The molecule has 0 atom stereocenters. The molecule has 2 aliphatic rings. The summed E-state index contributed by atoms with van der Waals surface area (Å²) in [4.78, 5) is 14.4. The average molecular weight is 304 g/mol. The number of piperidine rings is 2. The molecular weight excluding hydrogens is 279 g/mol. The number of likely N-dealkylation sites (tertiary alicyclic amines) is 1. The Balaban J connectivity index is 1.72. The van der Waals surface area contributed by atoms with Gasteiger partial charge in [0.25, 0.3) is 5.91 Å². The predicted octanol–water partition coefficient (Wildman–Crippen LogP) is 3.16. The van der Waals surface area contributed by atoms with Crippen LogP contribution in [0.5, 0.6) is 0 Å². The van der Waals surface area contributed by atoms with Crippen LogP contribution in [0.2, 0.25) is 0 Å². The lowest BCUT2D eigenvalue weighted by Gasteiger charge is -2.30. The molecule has 4 heteroatoms. The van der Waals surface area contributed by atoms with Crippen LogP contribution >= 0.6 is 0 Å². The van der Waals surface area contributed by atoms with E-state index in [0.717, 1.165) is 57.4 Å². The molecule has 3 nitrogen and oxygen atoms in total. The van der Waals surface area contributed by atoms with Crippen LogP contribution in [0.1, 0.15) is 54.4 Å². The third kappa shape index (κ3) is 3.32. The fourth-order valence-corrected chi connectivity index (χ4v) is 3.52. The standard InChI is InChI=1S/C18H25FN2O/c1-13-6-10-21(11-7-13)18(22)15-2-3-16(17(19)12-15)14-4-8-20-9-5-14/h2-3,12-14,20H,4-11H2,1H3. The van der Waals surface area contributed by atoms with Crippen molar-refractivity contribution in [2.24, 2.45) is 5.92 Å². The van der Waals surface area contributed by atoms with Crippen molar-refractivity contribution < 1.29 is 9.18 Å². The van der Waals surface area contributed by atoms with Gasteiger partial charge in [0.2, 0.25) is 0 Å². The summed E-state index contributed by atoms with van der Waals surface area (Å²) in [5.41, 5.74) is 1.26. The number of hydrogen-bond acceptors (Lipinski definition) is 2. The normalized spacial score (nSPS) is 21.1. The Morgan fingerprint density at radius 3 is 2.50 bits per heavy atom. The highest BCUT2D eigenvalue weighted by Gasteiger charge is 2.24. The molecule has 120 valence electrons. The van der Waals surface area contributed by atoms with E-state index in [4.69, 9.17) is 0 Å². The first-order valence-corrected chi connectivity index (χ1v) is 8.44. The summed E-state index contributed by atoms with van der Waals surface area (Å²) >= 11 is 0. The van der Waals surface area contributed by atoms with E-state index in [1.165, 1.54) is 6.07 Å². The second kappa shape index (κ2) is 6.78. The number of carbonyl (C=O) groups excluding carboxylic acids is 1. The van der Waals surface area contributed by atoms with Crippen molar-refractivity contribution in [2.75, 3.05) is 26.2 Å². The van der Waals surface area contributed by atoms with Gasteiger partial charge in [-0.2, -0.15) is 0 Å². The summed E-state index contributed by atoms with van der Waals surface area (Å²) < 4.78 is 14.4. The quantitative estimate of drug-likeness (QED) is 0.910. The average Bonchev–Trinajstić information content (AvgIpc) is 2.55. The highest BCUT2D eigenvalue weighted by atomic mass is 19.1. The van der Waals surface area contributed by atoms with Gasteiger partial charge in [0.1, 0.15) is 5.82 Å². The van der Waals surface area contributed by atoms with Crippen molar-refractivity contribution in [3.05, 3.63) is 35.1 Å². The molecular formula is C18H25FN2O. The van der Waals surface area contributed by atoms with Gasteiger partial charge in [-0.25, -0.2) is 4.39 Å². The monoisotopic (exact) mass is 304 g/mol. The molecule has 2 heterocycles. The largest absolute Gasteiger partial charge is 0.339 e. The molecule has 22 heavy (non-hydrogen) atoms. The molecule has 3 rings (SSSR count). The van der Waals surface area contributed by atoms with Gasteiger partial charge in [0.15, 0.2) is 0 Å². The molecule has 0 spiro atoms. The maximum atomic E-state index is 14.4. The zero-order chi connectivity index (χ0) is 15.5. The maximum absolute atomic E-state index is 14.4. The predicted molar refractivity (Wildman–Crippen MR) is 85.5 cm³/mol. The van der Waals surface area contributed by atoms with Crippen LogP contribution in [0.25, 0.3) is 0 Å². The van der Waals surface area contributed by atoms with Gasteiger partial charge in [-0.05, 0) is 68.3 Å². The summed E-state index contributed by atoms with van der Waals surface area (Å²) in [6.45, 7) is 5.68. The van der Waals surface area contributed by atoms with E-state index in [1.807, 2.05) is 11.0 Å². The third-order valence-corrected chi connectivity index (χ3v) is 5.10. The number of rotatable bonds is 2. The first-order chi connectivity index (χ1) is 10.6. The van der Waals surface area contributed by atoms with E-state index in [2.05, 4.69) is 12.2 Å². The van der Waals surface area contributed by atoms with Gasteiger partial charge in [0, 0.05) is 18.7 Å². The molecule has 1 aromatic rings. The fraction of sp³-hybridized carbons (Fsp3) is 0.611. The van der Waals surface area contributed by atoms with Gasteiger partial charge in [0.05, 0.1) is 0 Å². The van der Waals surface area contributed by atoms with E-state index in [9.17, 15) is 9.18 Å². The maximum Gasteiger partial charge on any atom is 0.253 e. The Bertz CT molecular complexity index is 532. The number of benzene rings is 1. The minimum atomic E-state index is -0.219. The molecule has 2 saturated heterocycles. The van der Waals surface area contributed by atoms with Crippen LogP contribution in [0, 0.1) is 11.7 Å². The van der Waals surface area contributed by atoms with Crippen molar-refractivity contribution >= 4 is 5.91 Å². The van der Waals surface area contributed by atoms with Crippen LogP contribution in [0.3, 0.4) is 0 Å². The summed E-state index contributed by atoms with van der Waals surface area (Å²) in [5, 5.41) is 3.30. The second-order valence-electron chi connectivity index (χ2n) is 6.74. The zero-order valence-electron chi connectivity index (χ0n) is 13.3. The summed E-state index contributed by atoms with van der Waals surface area (Å²) in [6.07, 6.45) is 4.02. The highest BCUT2D eigenvalue weighted by molar-refractivity contribution is 5.94. The minimum absolute atomic E-state index is 0.0253. The molecule has 0 radical (unpaired) electrons. The summed E-state index contributed by atoms with van der Waals surface area (Å²) in [5.74, 6) is 0.718. The second-order valence-corrected chi connectivity index (χ2v) is 6.74. The number of hydrogen-bond donors (Lipinski definition) is 1. The van der Waals surface area contributed by atoms with Crippen LogP contribution in [-0.4, -0.2) is 37.0 Å². The van der Waals surface area contributed by atoms with Crippen molar-refractivity contribution in [2.45, 2.75) is 38.5 Å². The molecule has 0 aliphatic carbocycles. The third-order valence-electron chi connectivity index (χ3n) is 5.10. The lowest BCUT2D eigenvalue weighted by atomic mass is 9.89. The van der Waals surface area contributed by atoms with Crippen LogP contribution in [-0.2, 0) is 0 Å². The molecule has 1 N–H and O–H groups in total. The van der Waals surface area contributed by atoms with Crippen LogP contribution in [0.15, 0.2) is 18.2 Å². The van der Waals surface area contributed by atoms with Crippen LogP contribution < -0.4 is 5.32 Å². The van der Waals surface area contributed by atoms with Crippen LogP contribution in [0.4, 0.5) is 4.39 Å². The van der Waals surface area contributed by atoms with E-state index in [0.29, 0.717) is 11.5 Å². The molecule has 1 aromatic carbocycles. The van der Waals surface area contributed by atoms with Gasteiger partial charge < -0.3 is 10.2 Å². The molecule has 0 aromatic heterocycles. The summed E-state index contributed by atoms with van der Waals surface area (Å²) in [6, 6.07) is 5.07. The van der Waals surface area contributed by atoms with Crippen molar-refractivity contribution in [3.63, 3.8) is 0 Å². The van der Waals surface area contributed by atoms with E-state index < -0.39 is 0 Å². The lowest BCUT2D eigenvalue weighted by molar-refractivity contribution is 0.0696. The zero-order valence-corrected chi connectivity index (χ0v) is 13.3. The van der Waals surface area contributed by atoms with Gasteiger partial charge >= 0.3 is 0 Å². The van der Waals surface area contributed by atoms with Crippen molar-refractivity contribution in [3.8, 4) is 0 Å². The summed E-state index contributed by atoms with van der Waals surface area (Å²) in [7, 11) is 0. The number of carbonyl (C=O) groups is 1. The lowest BCUT2D eigenvalue weighted by Crippen LogP contribution is -2.38. The minimum Gasteiger partial charge on any atom is -0.339 e. The van der Waals surface area contributed by atoms with Crippen molar-refractivity contribution in [1.82, 2.24) is 10.2 Å². The van der Waals surface area contributed by atoms with Gasteiger partial charge in [-0.1, -0.05) is 13.0 Å². The molecule has 1 amide bonds. The Hall–Kier alpha value is -1.42. The smallest absolute Gasteiger partial charge is 0.253 e. The van der Waals surface area contributed by atoms with Gasteiger partial charge in [-0.3, -0.25) is 4.79 Å². The first-order valence-electron chi connectivity index (χ1n) is 8.44. The number of nitrogens with one attached hydrogen (secondary N) is 1. The Kier molecular flexibility index (Phi) is 4.77. The number of halogens is 1. The number of amides is 1. The molecule has 2 aliphatic heterocycles. The van der Waals surface area contributed by atoms with E-state index in [1.54, 1.807) is 6.07 Å². The first kappa shape index (κ1) is 15.5. The SMILES string of the molecule is CC1CCN(C(=O)c2ccc(C3CCNCC3)c(F)c2)CC1. The topological polar surface area (TPSA) is 32.3 Å². The molecule has 0 bridgehead atoms. The molecule has 0 unspecified atom stereocenters. The highest BCUT2D eigenvalue weighted by Crippen LogP contribution is 2.28. The van der Waals surface area contributed by atoms with Gasteiger partial charge in [-0.15, -0.1) is 0 Å².